The number of hydrogen-bond donors (Lipinski definition) is 4. The second-order valence-electron chi connectivity index (χ2n) is 6.39. The molecule has 1 fully saturated rings. The molecular formula is C16H26N4O5. The highest BCUT2D eigenvalue weighted by atomic mass is 16.5. The number of ether oxygens (including phenoxy) is 1. The zero-order chi connectivity index (χ0) is 18.6. The third kappa shape index (κ3) is 4.77. The Kier molecular flexibility index (Phi) is 6.51. The molecule has 2 heterocycles. The molecule has 0 aromatic carbocycles. The first-order valence-electron chi connectivity index (χ1n) is 8.54. The van der Waals surface area contributed by atoms with Crippen molar-refractivity contribution in [1.82, 2.24) is 14.9 Å². The molecule has 1 saturated heterocycles. The van der Waals surface area contributed by atoms with Crippen LogP contribution in [0.4, 0.5) is 0 Å². The molecule has 1 aliphatic rings. The van der Waals surface area contributed by atoms with Crippen LogP contribution in [0, 0.1) is 0 Å². The number of carbonyl (C=O) groups excluding carboxylic acids is 1. The predicted octanol–water partition coefficient (Wildman–Crippen LogP) is -1.01. The zero-order valence-corrected chi connectivity index (χ0v) is 14.5. The van der Waals surface area contributed by atoms with Crippen molar-refractivity contribution >= 4 is 5.91 Å². The number of aliphatic hydroxyl groups excluding tert-OH is 1. The molecule has 0 bridgehead atoms. The quantitative estimate of drug-likeness (QED) is 0.495. The lowest BCUT2D eigenvalue weighted by atomic mass is 10.1. The molecule has 0 spiro atoms. The molecule has 1 aromatic heterocycles. The second-order valence-corrected chi connectivity index (χ2v) is 6.39. The molecule has 140 valence electrons. The van der Waals surface area contributed by atoms with Gasteiger partial charge < -0.3 is 20.9 Å². The van der Waals surface area contributed by atoms with E-state index >= 15 is 0 Å². The summed E-state index contributed by atoms with van der Waals surface area (Å²) in [5.74, 6) is -0.345. The summed E-state index contributed by atoms with van der Waals surface area (Å²) in [7, 11) is 0. The van der Waals surface area contributed by atoms with Gasteiger partial charge in [-0.15, -0.1) is 0 Å². The van der Waals surface area contributed by atoms with Gasteiger partial charge in [0, 0.05) is 24.7 Å². The van der Waals surface area contributed by atoms with Gasteiger partial charge in [-0.25, -0.2) is 4.79 Å². The number of hydrogen-bond acceptors (Lipinski definition) is 6. The van der Waals surface area contributed by atoms with Gasteiger partial charge in [0.15, 0.2) is 0 Å². The monoisotopic (exact) mass is 354 g/mol. The van der Waals surface area contributed by atoms with Crippen molar-refractivity contribution in [1.29, 1.82) is 0 Å². The van der Waals surface area contributed by atoms with Gasteiger partial charge in [0.1, 0.15) is 12.3 Å². The Hall–Kier alpha value is -1.97. The summed E-state index contributed by atoms with van der Waals surface area (Å²) in [4.78, 5) is 37.8. The normalized spacial score (nSPS) is 24.2. The topological polar surface area (TPSA) is 139 Å². The maximum atomic E-state index is 12.1. The van der Waals surface area contributed by atoms with E-state index in [0.29, 0.717) is 12.0 Å². The van der Waals surface area contributed by atoms with Crippen LogP contribution in [0.3, 0.4) is 0 Å². The summed E-state index contributed by atoms with van der Waals surface area (Å²) in [5, 5.41) is 12.7. The van der Waals surface area contributed by atoms with Gasteiger partial charge in [-0.2, -0.15) is 0 Å². The van der Waals surface area contributed by atoms with E-state index in [1.807, 2.05) is 6.92 Å². The first kappa shape index (κ1) is 19.4. The van der Waals surface area contributed by atoms with Crippen LogP contribution in [0.15, 0.2) is 15.8 Å². The maximum Gasteiger partial charge on any atom is 0.330 e. The summed E-state index contributed by atoms with van der Waals surface area (Å²) in [5.41, 5.74) is 5.00. The highest BCUT2D eigenvalue weighted by Gasteiger charge is 2.35. The SMILES string of the molecule is CCCCc1cn([C@H]2C[C@H](O)[C@@H](CNC(=O)[C@H](C)N)O2)c(=O)[nH]c1=O. The predicted molar refractivity (Wildman–Crippen MR) is 91.1 cm³/mol. The van der Waals surface area contributed by atoms with Crippen molar-refractivity contribution in [3.63, 3.8) is 0 Å². The van der Waals surface area contributed by atoms with Crippen molar-refractivity contribution in [2.24, 2.45) is 5.73 Å². The maximum absolute atomic E-state index is 12.1. The van der Waals surface area contributed by atoms with E-state index in [1.165, 1.54) is 10.8 Å². The number of aliphatic hydroxyl groups is 1. The number of rotatable bonds is 7. The Labute approximate surface area is 145 Å². The number of aryl methyl sites for hydroxylation is 1. The van der Waals surface area contributed by atoms with Gasteiger partial charge >= 0.3 is 5.69 Å². The third-order valence-corrected chi connectivity index (χ3v) is 4.25. The van der Waals surface area contributed by atoms with Gasteiger partial charge in [0.2, 0.25) is 5.91 Å². The Balaban J connectivity index is 2.10. The van der Waals surface area contributed by atoms with Gasteiger partial charge in [-0.1, -0.05) is 13.3 Å². The van der Waals surface area contributed by atoms with Crippen LogP contribution in [0.5, 0.6) is 0 Å². The van der Waals surface area contributed by atoms with Crippen LogP contribution >= 0.6 is 0 Å². The van der Waals surface area contributed by atoms with Gasteiger partial charge in [-0.3, -0.25) is 19.1 Å². The molecule has 1 aliphatic heterocycles. The van der Waals surface area contributed by atoms with E-state index in [-0.39, 0.29) is 18.9 Å². The average molecular weight is 354 g/mol. The molecule has 5 N–H and O–H groups in total. The standard InChI is InChI=1S/C16H26N4O5/c1-3-4-5-10-8-20(16(24)19-15(10)23)13-6-11(21)12(25-13)7-18-14(22)9(2)17/h8-9,11-13,21H,3-7,17H2,1-2H3,(H,18,22)(H,19,23,24)/t9-,11-,12+,13+/m0/s1. The minimum Gasteiger partial charge on any atom is -0.390 e. The highest BCUT2D eigenvalue weighted by molar-refractivity contribution is 5.80. The fourth-order valence-corrected chi connectivity index (χ4v) is 2.72. The van der Waals surface area contributed by atoms with Gasteiger partial charge in [0.25, 0.3) is 5.56 Å². The molecule has 2 rings (SSSR count). The minimum atomic E-state index is -0.837. The van der Waals surface area contributed by atoms with Crippen molar-refractivity contribution in [2.75, 3.05) is 6.54 Å². The fraction of sp³-hybridized carbons (Fsp3) is 0.688. The molecule has 9 nitrogen and oxygen atoms in total. The number of aromatic nitrogens is 2. The van der Waals surface area contributed by atoms with Crippen molar-refractivity contribution in [3.05, 3.63) is 32.6 Å². The first-order valence-corrected chi connectivity index (χ1v) is 8.54. The van der Waals surface area contributed by atoms with Crippen LogP contribution < -0.4 is 22.3 Å². The summed E-state index contributed by atoms with van der Waals surface area (Å²) >= 11 is 0. The van der Waals surface area contributed by atoms with Crippen LogP contribution in [0.1, 0.15) is 44.9 Å². The average Bonchev–Trinajstić information content (AvgIpc) is 2.92. The Morgan fingerprint density at radius 3 is 2.92 bits per heavy atom. The van der Waals surface area contributed by atoms with Crippen LogP contribution in [0.25, 0.3) is 0 Å². The Morgan fingerprint density at radius 2 is 2.28 bits per heavy atom. The van der Waals surface area contributed by atoms with Gasteiger partial charge in [-0.05, 0) is 19.8 Å². The second kappa shape index (κ2) is 8.41. The molecule has 1 amide bonds. The van der Waals surface area contributed by atoms with Gasteiger partial charge in [0.05, 0.1) is 12.1 Å². The lowest BCUT2D eigenvalue weighted by molar-refractivity contribution is -0.123. The third-order valence-electron chi connectivity index (χ3n) is 4.25. The molecule has 0 saturated carbocycles. The molecule has 0 aliphatic carbocycles. The molecule has 25 heavy (non-hydrogen) atoms. The number of nitrogens with zero attached hydrogens (tertiary/aromatic N) is 1. The first-order chi connectivity index (χ1) is 11.8. The van der Waals surface area contributed by atoms with E-state index in [9.17, 15) is 19.5 Å². The van der Waals surface area contributed by atoms with Crippen LogP contribution in [0.2, 0.25) is 0 Å². The molecular weight excluding hydrogens is 328 g/mol. The molecule has 0 unspecified atom stereocenters. The molecule has 4 atom stereocenters. The Bertz CT molecular complexity index is 711. The molecule has 9 heteroatoms. The largest absolute Gasteiger partial charge is 0.390 e. The Morgan fingerprint density at radius 1 is 1.56 bits per heavy atom. The molecule has 1 aromatic rings. The lowest BCUT2D eigenvalue weighted by Crippen LogP contribution is -2.43. The van der Waals surface area contributed by atoms with E-state index in [4.69, 9.17) is 10.5 Å². The van der Waals surface area contributed by atoms with Crippen molar-refractivity contribution in [3.8, 4) is 0 Å². The number of H-pyrrole nitrogens is 1. The van der Waals surface area contributed by atoms with E-state index < -0.39 is 35.7 Å². The summed E-state index contributed by atoms with van der Waals surface area (Å²) in [6.07, 6.45) is 1.84. The number of carbonyl (C=O) groups is 1. The summed E-state index contributed by atoms with van der Waals surface area (Å²) < 4.78 is 7.00. The van der Waals surface area contributed by atoms with E-state index in [2.05, 4.69) is 10.3 Å². The number of unbranched alkanes of at least 4 members (excludes halogenated alkanes) is 1. The molecule has 0 radical (unpaired) electrons. The number of nitrogens with two attached hydrogens (primary N) is 1. The lowest BCUT2D eigenvalue weighted by Gasteiger charge is -2.17. The van der Waals surface area contributed by atoms with E-state index in [0.717, 1.165) is 12.8 Å². The van der Waals surface area contributed by atoms with Crippen LogP contribution in [-0.4, -0.2) is 45.4 Å². The summed E-state index contributed by atoms with van der Waals surface area (Å²) in [6, 6.07) is -0.655. The van der Waals surface area contributed by atoms with Crippen molar-refractivity contribution < 1.29 is 14.6 Å². The van der Waals surface area contributed by atoms with E-state index in [1.54, 1.807) is 6.92 Å². The summed E-state index contributed by atoms with van der Waals surface area (Å²) in [6.45, 7) is 3.67. The number of amides is 1. The minimum absolute atomic E-state index is 0.0961. The smallest absolute Gasteiger partial charge is 0.330 e. The number of nitrogens with one attached hydrogen (secondary N) is 2. The number of aromatic amines is 1. The highest BCUT2D eigenvalue weighted by Crippen LogP contribution is 2.27. The fourth-order valence-electron chi connectivity index (χ4n) is 2.72. The van der Waals surface area contributed by atoms with Crippen molar-refractivity contribution in [2.45, 2.75) is 64.0 Å². The van der Waals surface area contributed by atoms with Crippen LogP contribution in [-0.2, 0) is 16.0 Å². The zero-order valence-electron chi connectivity index (χ0n) is 14.5.